The van der Waals surface area contributed by atoms with E-state index in [1.54, 1.807) is 6.07 Å². The van der Waals surface area contributed by atoms with E-state index in [0.717, 1.165) is 10.3 Å². The van der Waals surface area contributed by atoms with Gasteiger partial charge in [-0.15, -0.1) is 11.3 Å². The zero-order chi connectivity index (χ0) is 10.3. The van der Waals surface area contributed by atoms with Crippen LogP contribution in [0.15, 0.2) is 18.2 Å². The summed E-state index contributed by atoms with van der Waals surface area (Å²) >= 11 is 1.25. The average molecular weight is 208 g/mol. The number of nitrogens with two attached hydrogens (primary N) is 1. The molecule has 5 heteroatoms. The third kappa shape index (κ3) is 1.22. The summed E-state index contributed by atoms with van der Waals surface area (Å²) in [5.74, 6) is 0. The third-order valence-corrected chi connectivity index (χ3v) is 3.02. The van der Waals surface area contributed by atoms with Gasteiger partial charge in [-0.05, 0) is 19.1 Å². The number of thiophene rings is 1. The van der Waals surface area contributed by atoms with Gasteiger partial charge in [0.15, 0.2) is 5.00 Å². The molecule has 0 spiro atoms. The minimum Gasteiger partial charge on any atom is -0.385 e. The highest BCUT2D eigenvalue weighted by Crippen LogP contribution is 2.39. The first-order valence-electron chi connectivity index (χ1n) is 4.02. The van der Waals surface area contributed by atoms with Crippen LogP contribution >= 0.6 is 11.3 Å². The van der Waals surface area contributed by atoms with Crippen LogP contribution in [0.2, 0.25) is 0 Å². The van der Waals surface area contributed by atoms with E-state index >= 15 is 0 Å². The first-order valence-corrected chi connectivity index (χ1v) is 4.84. The van der Waals surface area contributed by atoms with Gasteiger partial charge in [0.25, 0.3) is 0 Å². The molecule has 4 nitrogen and oxygen atoms in total. The second kappa shape index (κ2) is 2.95. The highest BCUT2D eigenvalue weighted by atomic mass is 32.1. The lowest BCUT2D eigenvalue weighted by Crippen LogP contribution is -1.90. The smallest absolute Gasteiger partial charge is 0.311 e. The van der Waals surface area contributed by atoms with Gasteiger partial charge < -0.3 is 5.73 Å². The van der Waals surface area contributed by atoms with E-state index < -0.39 is 4.92 Å². The van der Waals surface area contributed by atoms with Crippen LogP contribution in [-0.4, -0.2) is 4.92 Å². The number of anilines is 1. The lowest BCUT2D eigenvalue weighted by molar-refractivity contribution is -0.381. The Bertz CT molecular complexity index is 519. The van der Waals surface area contributed by atoms with Gasteiger partial charge in [-0.1, -0.05) is 11.6 Å². The summed E-state index contributed by atoms with van der Waals surface area (Å²) in [5, 5.41) is 11.7. The summed E-state index contributed by atoms with van der Waals surface area (Å²) in [6, 6.07) is 5.57. The van der Waals surface area contributed by atoms with Gasteiger partial charge in [0.1, 0.15) is 0 Å². The molecule has 1 aromatic carbocycles. The summed E-state index contributed by atoms with van der Waals surface area (Å²) in [7, 11) is 0. The number of nitrogen functional groups attached to an aromatic ring is 1. The molecule has 0 unspecified atom stereocenters. The molecule has 0 aliphatic heterocycles. The number of rotatable bonds is 1. The Morgan fingerprint density at radius 1 is 1.50 bits per heavy atom. The molecular weight excluding hydrogens is 200 g/mol. The molecule has 14 heavy (non-hydrogen) atoms. The second-order valence-corrected chi connectivity index (χ2v) is 4.16. The molecule has 0 atom stereocenters. The summed E-state index contributed by atoms with van der Waals surface area (Å²) in [6.45, 7) is 1.90. The van der Waals surface area contributed by atoms with Crippen molar-refractivity contribution in [2.24, 2.45) is 0 Å². The molecule has 1 heterocycles. The van der Waals surface area contributed by atoms with Gasteiger partial charge in [0, 0.05) is 4.70 Å². The van der Waals surface area contributed by atoms with Crippen LogP contribution in [0.3, 0.4) is 0 Å². The van der Waals surface area contributed by atoms with Crippen LogP contribution in [0.4, 0.5) is 10.7 Å². The van der Waals surface area contributed by atoms with Crippen LogP contribution in [-0.2, 0) is 0 Å². The number of aryl methyl sites for hydroxylation is 1. The van der Waals surface area contributed by atoms with E-state index in [9.17, 15) is 10.1 Å². The Morgan fingerprint density at radius 2 is 2.21 bits per heavy atom. The zero-order valence-electron chi connectivity index (χ0n) is 7.48. The van der Waals surface area contributed by atoms with E-state index in [2.05, 4.69) is 0 Å². The quantitative estimate of drug-likeness (QED) is 0.578. The molecule has 0 saturated carbocycles. The standard InChI is InChI=1S/C9H8N2O2S/c1-5-2-3-7-6(4-5)8(11(12)13)9(10)14-7/h2-4H,10H2,1H3. The van der Waals surface area contributed by atoms with Crippen molar-refractivity contribution in [1.29, 1.82) is 0 Å². The summed E-state index contributed by atoms with van der Waals surface area (Å²) in [4.78, 5) is 10.3. The molecule has 0 fully saturated rings. The Morgan fingerprint density at radius 3 is 2.86 bits per heavy atom. The number of nitrogens with zero attached hydrogens (tertiary/aromatic N) is 1. The van der Waals surface area contributed by atoms with Crippen molar-refractivity contribution in [1.82, 2.24) is 0 Å². The average Bonchev–Trinajstić information content (AvgIpc) is 2.40. The number of hydrogen-bond acceptors (Lipinski definition) is 4. The molecular formula is C9H8N2O2S. The Balaban J connectivity index is 2.86. The zero-order valence-corrected chi connectivity index (χ0v) is 8.30. The van der Waals surface area contributed by atoms with Gasteiger partial charge in [0.05, 0.1) is 10.3 Å². The molecule has 2 rings (SSSR count). The maximum Gasteiger partial charge on any atom is 0.311 e. The molecule has 0 bridgehead atoms. The highest BCUT2D eigenvalue weighted by Gasteiger charge is 2.19. The lowest BCUT2D eigenvalue weighted by Gasteiger charge is -1.92. The largest absolute Gasteiger partial charge is 0.385 e. The van der Waals surface area contributed by atoms with E-state index in [0.29, 0.717) is 5.39 Å². The van der Waals surface area contributed by atoms with Crippen LogP contribution in [0, 0.1) is 17.0 Å². The third-order valence-electron chi connectivity index (χ3n) is 2.03. The van der Waals surface area contributed by atoms with Gasteiger partial charge >= 0.3 is 5.69 Å². The Kier molecular flexibility index (Phi) is 1.89. The van der Waals surface area contributed by atoms with Crippen molar-refractivity contribution in [3.05, 3.63) is 33.9 Å². The van der Waals surface area contributed by atoms with Gasteiger partial charge in [-0.3, -0.25) is 10.1 Å². The number of hydrogen-bond donors (Lipinski definition) is 1. The fourth-order valence-corrected chi connectivity index (χ4v) is 2.33. The summed E-state index contributed by atoms with van der Waals surface area (Å²) < 4.78 is 0.861. The van der Waals surface area contributed by atoms with Crippen LogP contribution in [0.1, 0.15) is 5.56 Å². The second-order valence-electron chi connectivity index (χ2n) is 3.07. The van der Waals surface area contributed by atoms with E-state index in [-0.39, 0.29) is 10.7 Å². The van der Waals surface area contributed by atoms with E-state index in [4.69, 9.17) is 5.73 Å². The molecule has 2 N–H and O–H groups in total. The molecule has 1 aromatic heterocycles. The minimum atomic E-state index is -0.423. The lowest BCUT2D eigenvalue weighted by atomic mass is 10.2. The first-order chi connectivity index (χ1) is 6.59. The van der Waals surface area contributed by atoms with Crippen LogP contribution in [0.5, 0.6) is 0 Å². The van der Waals surface area contributed by atoms with Gasteiger partial charge in [-0.25, -0.2) is 0 Å². The molecule has 2 aromatic rings. The maximum absolute atomic E-state index is 10.7. The van der Waals surface area contributed by atoms with E-state index in [1.807, 2.05) is 19.1 Å². The van der Waals surface area contributed by atoms with Crippen LogP contribution < -0.4 is 5.73 Å². The van der Waals surface area contributed by atoms with Gasteiger partial charge in [-0.2, -0.15) is 0 Å². The molecule has 72 valence electrons. The predicted molar refractivity (Wildman–Crippen MR) is 57.6 cm³/mol. The van der Waals surface area contributed by atoms with Crippen molar-refractivity contribution in [2.45, 2.75) is 6.92 Å². The van der Waals surface area contributed by atoms with Crippen molar-refractivity contribution in [2.75, 3.05) is 5.73 Å². The van der Waals surface area contributed by atoms with Crippen molar-refractivity contribution in [3.8, 4) is 0 Å². The number of benzene rings is 1. The van der Waals surface area contributed by atoms with Crippen molar-refractivity contribution >= 4 is 32.1 Å². The van der Waals surface area contributed by atoms with Gasteiger partial charge in [0.2, 0.25) is 0 Å². The Labute approximate surface area is 84.1 Å². The fourth-order valence-electron chi connectivity index (χ4n) is 1.41. The molecule has 0 aliphatic carbocycles. The van der Waals surface area contributed by atoms with E-state index in [1.165, 1.54) is 11.3 Å². The minimum absolute atomic E-state index is 0.0358. The fraction of sp³-hybridized carbons (Fsp3) is 0.111. The summed E-state index contributed by atoms with van der Waals surface area (Å²) in [6.07, 6.45) is 0. The number of fused-ring (bicyclic) bond motifs is 1. The van der Waals surface area contributed by atoms with Crippen molar-refractivity contribution in [3.63, 3.8) is 0 Å². The SMILES string of the molecule is Cc1ccc2sc(N)c([N+](=O)[O-])c2c1. The molecule has 0 aliphatic rings. The maximum atomic E-state index is 10.7. The monoisotopic (exact) mass is 208 g/mol. The highest BCUT2D eigenvalue weighted by molar-refractivity contribution is 7.23. The first kappa shape index (κ1) is 8.96. The molecule has 0 saturated heterocycles. The molecule has 0 amide bonds. The normalized spacial score (nSPS) is 10.6. The molecule has 0 radical (unpaired) electrons. The predicted octanol–water partition coefficient (Wildman–Crippen LogP) is 2.70. The van der Waals surface area contributed by atoms with Crippen molar-refractivity contribution < 1.29 is 4.92 Å². The summed E-state index contributed by atoms with van der Waals surface area (Å²) in [5.41, 5.74) is 6.62. The Hall–Kier alpha value is -1.62. The van der Waals surface area contributed by atoms with Crippen LogP contribution in [0.25, 0.3) is 10.1 Å². The topological polar surface area (TPSA) is 69.2 Å². The number of nitro groups is 1.